The lowest BCUT2D eigenvalue weighted by atomic mass is 10.2. The topological polar surface area (TPSA) is 61.4 Å². The summed E-state index contributed by atoms with van der Waals surface area (Å²) < 4.78 is 13.9. The van der Waals surface area contributed by atoms with E-state index in [4.69, 9.17) is 0 Å². The van der Waals surface area contributed by atoms with E-state index in [1.54, 1.807) is 23.8 Å². The van der Waals surface area contributed by atoms with E-state index in [1.807, 2.05) is 24.3 Å². The van der Waals surface area contributed by atoms with Crippen LogP contribution in [0.4, 0.5) is 10.1 Å². The first-order valence-electron chi connectivity index (χ1n) is 9.56. The summed E-state index contributed by atoms with van der Waals surface area (Å²) in [5, 5.41) is 5.52. The number of nitrogens with one attached hydrogen (secondary N) is 1. The van der Waals surface area contributed by atoms with Crippen molar-refractivity contribution in [2.45, 2.75) is 0 Å². The van der Waals surface area contributed by atoms with Gasteiger partial charge in [-0.25, -0.2) is 9.37 Å². The number of carbonyl (C=O) groups excluding carboxylic acids is 1. The van der Waals surface area contributed by atoms with Crippen molar-refractivity contribution in [1.29, 1.82) is 0 Å². The van der Waals surface area contributed by atoms with Gasteiger partial charge < -0.3 is 10.2 Å². The lowest BCUT2D eigenvalue weighted by molar-refractivity contribution is 0.0943. The summed E-state index contributed by atoms with van der Waals surface area (Å²) in [4.78, 5) is 25.1. The fourth-order valence-electron chi connectivity index (χ4n) is 3.34. The number of thiazole rings is 1. The number of carbonyl (C=O) groups is 1. The van der Waals surface area contributed by atoms with Gasteiger partial charge in [-0.05, 0) is 24.3 Å². The second-order valence-corrected chi connectivity index (χ2v) is 7.67. The molecule has 1 N–H and O–H groups in total. The average Bonchev–Trinajstić information content (AvgIpc) is 3.26. The Morgan fingerprint density at radius 3 is 2.62 bits per heavy atom. The van der Waals surface area contributed by atoms with Crippen molar-refractivity contribution in [1.82, 2.24) is 20.2 Å². The molecular formula is C21H22FN5OS. The van der Waals surface area contributed by atoms with Gasteiger partial charge in [0, 0.05) is 62.6 Å². The molecule has 3 heterocycles. The van der Waals surface area contributed by atoms with Gasteiger partial charge in [0.15, 0.2) is 0 Å². The SMILES string of the molecule is O=C(NCCN1CCN(c2ccccc2F)CC1)c1csc(-c2ccncc2)n1. The summed E-state index contributed by atoms with van der Waals surface area (Å²) in [7, 11) is 0. The highest BCUT2D eigenvalue weighted by Crippen LogP contribution is 2.23. The summed E-state index contributed by atoms with van der Waals surface area (Å²) in [5.41, 5.74) is 2.05. The second-order valence-electron chi connectivity index (χ2n) is 6.81. The van der Waals surface area contributed by atoms with Crippen LogP contribution in [0, 0.1) is 5.82 Å². The minimum atomic E-state index is -0.178. The van der Waals surface area contributed by atoms with Crippen LogP contribution >= 0.6 is 11.3 Å². The first kappa shape index (κ1) is 19.5. The zero-order valence-corrected chi connectivity index (χ0v) is 16.7. The van der Waals surface area contributed by atoms with Gasteiger partial charge in [-0.15, -0.1) is 11.3 Å². The minimum Gasteiger partial charge on any atom is -0.367 e. The maximum atomic E-state index is 13.9. The van der Waals surface area contributed by atoms with Crippen molar-refractivity contribution in [2.75, 3.05) is 44.2 Å². The monoisotopic (exact) mass is 411 g/mol. The van der Waals surface area contributed by atoms with Crippen LogP contribution in [0.1, 0.15) is 10.5 Å². The number of halogens is 1. The first-order valence-corrected chi connectivity index (χ1v) is 10.4. The van der Waals surface area contributed by atoms with E-state index in [1.165, 1.54) is 17.4 Å². The second kappa shape index (κ2) is 9.11. The Hall–Kier alpha value is -2.84. The fraction of sp³-hybridized carbons (Fsp3) is 0.286. The lowest BCUT2D eigenvalue weighted by Gasteiger charge is -2.36. The number of para-hydroxylation sites is 1. The van der Waals surface area contributed by atoms with E-state index >= 15 is 0 Å². The van der Waals surface area contributed by atoms with Gasteiger partial charge in [-0.1, -0.05) is 12.1 Å². The fourth-order valence-corrected chi connectivity index (χ4v) is 4.15. The molecule has 0 saturated carbocycles. The largest absolute Gasteiger partial charge is 0.367 e. The van der Waals surface area contributed by atoms with Crippen molar-refractivity contribution < 1.29 is 9.18 Å². The Kier molecular flexibility index (Phi) is 6.12. The summed E-state index contributed by atoms with van der Waals surface area (Å²) >= 11 is 1.45. The third-order valence-corrected chi connectivity index (χ3v) is 5.83. The number of nitrogens with zero attached hydrogens (tertiary/aromatic N) is 4. The van der Waals surface area contributed by atoms with Crippen LogP contribution < -0.4 is 10.2 Å². The number of pyridine rings is 1. The van der Waals surface area contributed by atoms with E-state index in [2.05, 4.69) is 25.1 Å². The molecule has 1 amide bonds. The van der Waals surface area contributed by atoms with Crippen LogP contribution in [0.25, 0.3) is 10.6 Å². The van der Waals surface area contributed by atoms with E-state index < -0.39 is 0 Å². The molecule has 0 spiro atoms. The normalized spacial score (nSPS) is 14.7. The van der Waals surface area contributed by atoms with Crippen molar-refractivity contribution in [3.05, 3.63) is 65.7 Å². The van der Waals surface area contributed by atoms with Crippen LogP contribution in [-0.2, 0) is 0 Å². The zero-order chi connectivity index (χ0) is 20.1. The van der Waals surface area contributed by atoms with Crippen molar-refractivity contribution in [3.8, 4) is 10.6 Å². The number of piperazine rings is 1. The van der Waals surface area contributed by atoms with Crippen LogP contribution in [0.2, 0.25) is 0 Å². The molecule has 1 aliphatic rings. The van der Waals surface area contributed by atoms with Crippen molar-refractivity contribution in [2.24, 2.45) is 0 Å². The number of amides is 1. The Labute approximate surface area is 173 Å². The standard InChI is InChI=1S/C21H22FN5OS/c22-17-3-1-2-4-19(17)27-13-11-26(12-14-27)10-9-24-20(28)18-15-29-21(25-18)16-5-7-23-8-6-16/h1-8,15H,9-14H2,(H,24,28). The van der Waals surface area contributed by atoms with Crippen LogP contribution in [0.15, 0.2) is 54.2 Å². The molecule has 8 heteroatoms. The van der Waals surface area contributed by atoms with E-state index in [0.29, 0.717) is 17.9 Å². The Bertz CT molecular complexity index is 956. The van der Waals surface area contributed by atoms with Crippen LogP contribution in [0.5, 0.6) is 0 Å². The number of anilines is 1. The summed E-state index contributed by atoms with van der Waals surface area (Å²) in [5.74, 6) is -0.339. The van der Waals surface area contributed by atoms with E-state index in [-0.39, 0.29) is 11.7 Å². The van der Waals surface area contributed by atoms with Gasteiger partial charge in [0.05, 0.1) is 5.69 Å². The maximum Gasteiger partial charge on any atom is 0.270 e. The van der Waals surface area contributed by atoms with Crippen LogP contribution in [0.3, 0.4) is 0 Å². The lowest BCUT2D eigenvalue weighted by Crippen LogP contribution is -2.48. The molecule has 29 heavy (non-hydrogen) atoms. The zero-order valence-electron chi connectivity index (χ0n) is 15.9. The molecule has 0 radical (unpaired) electrons. The number of aromatic nitrogens is 2. The molecule has 0 unspecified atom stereocenters. The summed E-state index contributed by atoms with van der Waals surface area (Å²) in [6.45, 7) is 4.55. The first-order chi connectivity index (χ1) is 14.2. The molecule has 3 aromatic rings. The molecule has 1 aromatic carbocycles. The number of hydrogen-bond donors (Lipinski definition) is 1. The molecule has 1 aliphatic heterocycles. The molecule has 1 saturated heterocycles. The molecule has 0 bridgehead atoms. The molecule has 6 nitrogen and oxygen atoms in total. The van der Waals surface area contributed by atoms with E-state index in [9.17, 15) is 9.18 Å². The third-order valence-electron chi connectivity index (χ3n) is 4.94. The predicted octanol–water partition coefficient (Wildman–Crippen LogP) is 2.90. The molecular weight excluding hydrogens is 389 g/mol. The molecule has 1 fully saturated rings. The quantitative estimate of drug-likeness (QED) is 0.676. The molecule has 0 atom stereocenters. The number of benzene rings is 1. The Morgan fingerprint density at radius 1 is 1.10 bits per heavy atom. The maximum absolute atomic E-state index is 13.9. The van der Waals surface area contributed by atoms with Crippen molar-refractivity contribution >= 4 is 22.9 Å². The molecule has 150 valence electrons. The third kappa shape index (κ3) is 4.78. The summed E-state index contributed by atoms with van der Waals surface area (Å²) in [6.07, 6.45) is 3.42. The Morgan fingerprint density at radius 2 is 1.86 bits per heavy atom. The van der Waals surface area contributed by atoms with Gasteiger partial charge in [0.25, 0.3) is 5.91 Å². The van der Waals surface area contributed by atoms with Gasteiger partial charge >= 0.3 is 0 Å². The highest BCUT2D eigenvalue weighted by Gasteiger charge is 2.19. The van der Waals surface area contributed by atoms with Gasteiger partial charge in [-0.2, -0.15) is 0 Å². The Balaban J connectivity index is 1.22. The summed E-state index contributed by atoms with van der Waals surface area (Å²) in [6, 6.07) is 10.6. The van der Waals surface area contributed by atoms with Crippen molar-refractivity contribution in [3.63, 3.8) is 0 Å². The smallest absolute Gasteiger partial charge is 0.270 e. The predicted molar refractivity (Wildman–Crippen MR) is 113 cm³/mol. The minimum absolute atomic E-state index is 0.161. The highest BCUT2D eigenvalue weighted by molar-refractivity contribution is 7.13. The number of rotatable bonds is 6. The molecule has 4 rings (SSSR count). The van der Waals surface area contributed by atoms with Crippen LogP contribution in [-0.4, -0.2) is 60.0 Å². The van der Waals surface area contributed by atoms with Gasteiger partial charge in [-0.3, -0.25) is 14.7 Å². The van der Waals surface area contributed by atoms with Gasteiger partial charge in [0.1, 0.15) is 16.5 Å². The molecule has 2 aromatic heterocycles. The number of hydrogen-bond acceptors (Lipinski definition) is 6. The van der Waals surface area contributed by atoms with Gasteiger partial charge in [0.2, 0.25) is 0 Å². The average molecular weight is 412 g/mol. The van der Waals surface area contributed by atoms with E-state index in [0.717, 1.165) is 43.3 Å². The molecule has 0 aliphatic carbocycles. The highest BCUT2D eigenvalue weighted by atomic mass is 32.1.